The molecule has 0 fully saturated rings. The maximum absolute atomic E-state index is 12.4. The molecular weight excluding hydrogens is 374 g/mol. The van der Waals surface area contributed by atoms with Gasteiger partial charge < -0.3 is 4.74 Å². The lowest BCUT2D eigenvalue weighted by Crippen LogP contribution is -2.40. The second-order valence-electron chi connectivity index (χ2n) is 5.82. The lowest BCUT2D eigenvalue weighted by molar-refractivity contribution is -0.117. The first kappa shape index (κ1) is 19.3. The number of thiazole rings is 1. The fraction of sp³-hybridized carbons (Fsp3) is 0.0952. The minimum atomic E-state index is -0.454. The van der Waals surface area contributed by atoms with Gasteiger partial charge in [-0.25, -0.2) is 4.98 Å². The first-order valence-corrected chi connectivity index (χ1v) is 9.34. The third-order valence-electron chi connectivity index (χ3n) is 3.88. The average Bonchev–Trinajstić information content (AvgIpc) is 3.13. The summed E-state index contributed by atoms with van der Waals surface area (Å²) in [5.41, 5.74) is 7.11. The van der Waals surface area contributed by atoms with Crippen LogP contribution >= 0.6 is 11.3 Å². The van der Waals surface area contributed by atoms with Crippen molar-refractivity contribution >= 4 is 29.2 Å². The van der Waals surface area contributed by atoms with Crippen molar-refractivity contribution in [3.05, 3.63) is 76.8 Å². The summed E-state index contributed by atoms with van der Waals surface area (Å²) in [7, 11) is 1.56. The van der Waals surface area contributed by atoms with Gasteiger partial charge >= 0.3 is 0 Å². The Kier molecular flexibility index (Phi) is 6.18. The van der Waals surface area contributed by atoms with Crippen molar-refractivity contribution in [3.8, 4) is 16.3 Å². The fourth-order valence-electron chi connectivity index (χ4n) is 2.50. The van der Waals surface area contributed by atoms with Crippen LogP contribution in [0.5, 0.6) is 5.75 Å². The average molecular weight is 393 g/mol. The molecule has 2 N–H and O–H groups in total. The normalized spacial score (nSPS) is 10.6. The highest BCUT2D eigenvalue weighted by atomic mass is 32.1. The zero-order valence-corrected chi connectivity index (χ0v) is 16.2. The number of hydrazine groups is 1. The lowest BCUT2D eigenvalue weighted by Gasteiger charge is -2.05. The number of amides is 2. The third-order valence-corrected chi connectivity index (χ3v) is 5.08. The number of ether oxygens (including phenoxy) is 1. The number of aromatic nitrogens is 1. The summed E-state index contributed by atoms with van der Waals surface area (Å²) in [6, 6.07) is 16.9. The molecular formula is C21H19N3O3S. The third kappa shape index (κ3) is 4.63. The molecule has 3 rings (SSSR count). The van der Waals surface area contributed by atoms with E-state index in [0.717, 1.165) is 16.1 Å². The Labute approximate surface area is 166 Å². The molecule has 1 heterocycles. The van der Waals surface area contributed by atoms with Crippen LogP contribution in [0.1, 0.15) is 20.9 Å². The van der Waals surface area contributed by atoms with Crippen LogP contribution in [-0.2, 0) is 4.79 Å². The van der Waals surface area contributed by atoms with E-state index in [1.54, 1.807) is 26.2 Å². The second kappa shape index (κ2) is 8.96. The van der Waals surface area contributed by atoms with Crippen molar-refractivity contribution in [2.45, 2.75) is 6.92 Å². The molecule has 0 atom stereocenters. The van der Waals surface area contributed by atoms with E-state index in [1.165, 1.54) is 17.4 Å². The van der Waals surface area contributed by atoms with Crippen LogP contribution in [0.3, 0.4) is 0 Å². The largest absolute Gasteiger partial charge is 0.496 e. The van der Waals surface area contributed by atoms with Gasteiger partial charge in [0.05, 0.1) is 12.8 Å². The van der Waals surface area contributed by atoms with E-state index in [2.05, 4.69) is 15.8 Å². The SMILES string of the molecule is COc1ccccc1/C=C/C(=O)NNC(=O)c1sc(-c2ccccc2)nc1C. The van der Waals surface area contributed by atoms with Crippen molar-refractivity contribution < 1.29 is 14.3 Å². The van der Waals surface area contributed by atoms with Gasteiger partial charge in [0.25, 0.3) is 11.8 Å². The molecule has 3 aromatic rings. The number of methoxy groups -OCH3 is 1. The van der Waals surface area contributed by atoms with Crippen LogP contribution in [0.15, 0.2) is 60.7 Å². The molecule has 28 heavy (non-hydrogen) atoms. The van der Waals surface area contributed by atoms with Gasteiger partial charge in [-0.2, -0.15) is 0 Å². The predicted octanol–water partition coefficient (Wildman–Crippen LogP) is 3.60. The highest BCUT2D eigenvalue weighted by molar-refractivity contribution is 7.17. The summed E-state index contributed by atoms with van der Waals surface area (Å²) in [6.07, 6.45) is 2.94. The molecule has 0 saturated carbocycles. The molecule has 0 aliphatic heterocycles. The highest BCUT2D eigenvalue weighted by Gasteiger charge is 2.16. The molecule has 1 aromatic heterocycles. The Bertz CT molecular complexity index is 1010. The highest BCUT2D eigenvalue weighted by Crippen LogP contribution is 2.27. The Balaban J connectivity index is 1.62. The molecule has 0 radical (unpaired) electrons. The summed E-state index contributed by atoms with van der Waals surface area (Å²) in [5, 5.41) is 0.755. The van der Waals surface area contributed by atoms with Gasteiger partial charge in [-0.15, -0.1) is 11.3 Å². The Morgan fingerprint density at radius 3 is 2.50 bits per heavy atom. The van der Waals surface area contributed by atoms with Crippen molar-refractivity contribution in [2.75, 3.05) is 7.11 Å². The lowest BCUT2D eigenvalue weighted by atomic mass is 10.2. The molecule has 2 amide bonds. The van der Waals surface area contributed by atoms with Gasteiger partial charge in [-0.1, -0.05) is 48.5 Å². The van der Waals surface area contributed by atoms with Gasteiger partial charge in [-0.05, 0) is 19.1 Å². The molecule has 7 heteroatoms. The minimum absolute atomic E-state index is 0.406. The monoisotopic (exact) mass is 393 g/mol. The molecule has 0 aliphatic rings. The van der Waals surface area contributed by atoms with E-state index >= 15 is 0 Å². The summed E-state index contributed by atoms with van der Waals surface area (Å²) in [4.78, 5) is 29.3. The van der Waals surface area contributed by atoms with E-state index in [-0.39, 0.29) is 0 Å². The number of rotatable bonds is 5. The number of nitrogens with zero attached hydrogens (tertiary/aromatic N) is 1. The van der Waals surface area contributed by atoms with Gasteiger partial charge in [0.2, 0.25) is 0 Å². The molecule has 142 valence electrons. The fourth-order valence-corrected chi connectivity index (χ4v) is 3.46. The quantitative estimate of drug-likeness (QED) is 0.513. The zero-order valence-electron chi connectivity index (χ0n) is 15.4. The van der Waals surface area contributed by atoms with E-state index in [4.69, 9.17) is 4.74 Å². The van der Waals surface area contributed by atoms with E-state index in [9.17, 15) is 9.59 Å². The zero-order chi connectivity index (χ0) is 19.9. The Hall–Kier alpha value is -3.45. The van der Waals surface area contributed by atoms with E-state index in [0.29, 0.717) is 16.3 Å². The van der Waals surface area contributed by atoms with Crippen LogP contribution < -0.4 is 15.6 Å². The Morgan fingerprint density at radius 1 is 1.04 bits per heavy atom. The molecule has 2 aromatic carbocycles. The Morgan fingerprint density at radius 2 is 1.75 bits per heavy atom. The molecule has 0 bridgehead atoms. The summed E-state index contributed by atoms with van der Waals surface area (Å²) < 4.78 is 5.23. The van der Waals surface area contributed by atoms with Crippen molar-refractivity contribution in [1.29, 1.82) is 0 Å². The van der Waals surface area contributed by atoms with E-state index < -0.39 is 11.8 Å². The smallest absolute Gasteiger partial charge is 0.281 e. The van der Waals surface area contributed by atoms with Crippen LogP contribution in [0.4, 0.5) is 0 Å². The molecule has 6 nitrogen and oxygen atoms in total. The predicted molar refractivity (Wildman–Crippen MR) is 110 cm³/mol. The van der Waals surface area contributed by atoms with Crippen LogP contribution in [0.2, 0.25) is 0 Å². The number of carbonyl (C=O) groups excluding carboxylic acids is 2. The van der Waals surface area contributed by atoms with Gasteiger partial charge in [0.15, 0.2) is 0 Å². The number of hydrogen-bond donors (Lipinski definition) is 2. The standard InChI is InChI=1S/C21H19N3O3S/c1-14-19(28-21(22-14)16-9-4-3-5-10-16)20(26)24-23-18(25)13-12-15-8-6-7-11-17(15)27-2/h3-13H,1-2H3,(H,23,25)(H,24,26)/b13-12+. The number of nitrogens with one attached hydrogen (secondary N) is 2. The van der Waals surface area contributed by atoms with Gasteiger partial charge in [-0.3, -0.25) is 20.4 Å². The number of hydrogen-bond acceptors (Lipinski definition) is 5. The van der Waals surface area contributed by atoms with Crippen molar-refractivity contribution in [2.24, 2.45) is 0 Å². The topological polar surface area (TPSA) is 80.3 Å². The first-order chi connectivity index (χ1) is 13.6. The minimum Gasteiger partial charge on any atom is -0.496 e. The molecule has 0 spiro atoms. The van der Waals surface area contributed by atoms with Gasteiger partial charge in [0, 0.05) is 17.2 Å². The molecule has 0 unspecified atom stereocenters. The number of para-hydroxylation sites is 1. The first-order valence-electron chi connectivity index (χ1n) is 8.52. The summed E-state index contributed by atoms with van der Waals surface area (Å²) in [5.74, 6) is -0.203. The van der Waals surface area contributed by atoms with Crippen LogP contribution in [-0.4, -0.2) is 23.9 Å². The number of carbonyl (C=O) groups is 2. The summed E-state index contributed by atoms with van der Waals surface area (Å²) in [6.45, 7) is 1.77. The maximum atomic E-state index is 12.4. The second-order valence-corrected chi connectivity index (χ2v) is 6.82. The van der Waals surface area contributed by atoms with Crippen molar-refractivity contribution in [1.82, 2.24) is 15.8 Å². The van der Waals surface area contributed by atoms with Crippen LogP contribution in [0.25, 0.3) is 16.6 Å². The number of benzene rings is 2. The molecule has 0 aliphatic carbocycles. The van der Waals surface area contributed by atoms with Crippen molar-refractivity contribution in [3.63, 3.8) is 0 Å². The number of aryl methyl sites for hydroxylation is 1. The van der Waals surface area contributed by atoms with Gasteiger partial charge in [0.1, 0.15) is 15.6 Å². The molecule has 0 saturated heterocycles. The summed E-state index contributed by atoms with van der Waals surface area (Å²) >= 11 is 1.28. The van der Waals surface area contributed by atoms with Crippen LogP contribution in [0, 0.1) is 6.92 Å². The van der Waals surface area contributed by atoms with E-state index in [1.807, 2.05) is 48.5 Å². The maximum Gasteiger partial charge on any atom is 0.281 e.